The summed E-state index contributed by atoms with van der Waals surface area (Å²) in [6.07, 6.45) is 9.65. The summed E-state index contributed by atoms with van der Waals surface area (Å²) in [6, 6.07) is 0. The van der Waals surface area contributed by atoms with Crippen LogP contribution in [0.4, 0.5) is 0 Å². The van der Waals surface area contributed by atoms with E-state index < -0.39 is 8.24 Å². The first-order chi connectivity index (χ1) is 9.09. The fourth-order valence-electron chi connectivity index (χ4n) is 3.44. The quantitative estimate of drug-likeness (QED) is 0.722. The Morgan fingerprint density at radius 1 is 1.21 bits per heavy atom. The molecule has 104 valence electrons. The maximum Gasteiger partial charge on any atom is 0.188 e. The van der Waals surface area contributed by atoms with E-state index in [0.717, 1.165) is 6.54 Å². The summed E-state index contributed by atoms with van der Waals surface area (Å²) < 4.78 is 2.68. The smallest absolute Gasteiger partial charge is 0.188 e. The van der Waals surface area contributed by atoms with E-state index in [1.54, 1.807) is 0 Å². The monoisotopic (exact) mass is 275 g/mol. The van der Waals surface area contributed by atoms with Gasteiger partial charge in [0.25, 0.3) is 0 Å². The average Bonchev–Trinajstić information content (AvgIpc) is 2.85. The van der Waals surface area contributed by atoms with Crippen LogP contribution in [0.3, 0.4) is 0 Å². The lowest BCUT2D eigenvalue weighted by Gasteiger charge is -2.49. The van der Waals surface area contributed by atoms with Crippen molar-refractivity contribution in [2.75, 3.05) is 26.2 Å². The lowest BCUT2D eigenvalue weighted by molar-refractivity contribution is 0.295. The minimum absolute atomic E-state index is 0.636. The molecule has 1 unspecified atom stereocenters. The summed E-state index contributed by atoms with van der Waals surface area (Å²) in [5.74, 6) is 1.31. The molecule has 0 radical (unpaired) electrons. The van der Waals surface area contributed by atoms with Crippen LogP contribution in [0.15, 0.2) is 28.8 Å². The van der Waals surface area contributed by atoms with E-state index in [2.05, 4.69) is 47.7 Å². The van der Waals surface area contributed by atoms with Crippen LogP contribution < -0.4 is 0 Å². The highest BCUT2D eigenvalue weighted by Crippen LogP contribution is 2.35. The van der Waals surface area contributed by atoms with Crippen LogP contribution in [0.2, 0.25) is 18.6 Å². The van der Waals surface area contributed by atoms with Gasteiger partial charge in [0.1, 0.15) is 0 Å². The third-order valence-electron chi connectivity index (χ3n) is 4.69. The molecule has 0 amide bonds. The van der Waals surface area contributed by atoms with E-state index in [1.165, 1.54) is 44.0 Å². The van der Waals surface area contributed by atoms with Crippen LogP contribution in [-0.2, 0) is 0 Å². The van der Waals surface area contributed by atoms with Gasteiger partial charge in [0.15, 0.2) is 14.2 Å². The molecule has 0 aromatic heterocycles. The van der Waals surface area contributed by atoms with Gasteiger partial charge in [-0.05, 0) is 19.8 Å². The molecule has 0 N–H and O–H groups in total. The van der Waals surface area contributed by atoms with Gasteiger partial charge in [-0.3, -0.25) is 4.99 Å². The van der Waals surface area contributed by atoms with Crippen molar-refractivity contribution in [1.82, 2.24) is 9.47 Å². The van der Waals surface area contributed by atoms with Crippen molar-refractivity contribution >= 4 is 14.2 Å². The zero-order chi connectivity index (χ0) is 13.5. The molecule has 4 heteroatoms. The van der Waals surface area contributed by atoms with Crippen molar-refractivity contribution in [3.8, 4) is 0 Å². The Morgan fingerprint density at radius 2 is 2.00 bits per heavy atom. The second-order valence-electron chi connectivity index (χ2n) is 6.48. The number of fused-ring (bicyclic) bond motifs is 1. The highest BCUT2D eigenvalue weighted by molar-refractivity contribution is 6.79. The van der Waals surface area contributed by atoms with Gasteiger partial charge >= 0.3 is 0 Å². The number of hydrogen-bond donors (Lipinski definition) is 0. The Balaban J connectivity index is 1.87. The van der Waals surface area contributed by atoms with Crippen LogP contribution in [0, 0.1) is 0 Å². The number of nitrogens with zero attached hydrogens (tertiary/aromatic N) is 3. The number of guanidine groups is 1. The first kappa shape index (κ1) is 13.0. The third-order valence-corrected chi connectivity index (χ3v) is 8.50. The molecule has 0 aromatic rings. The average molecular weight is 275 g/mol. The SMILES string of the molecule is CC1=CC([Si](C)(C)N2CCCN3CCCN=C32)C=C1. The van der Waals surface area contributed by atoms with Crippen LogP contribution in [-0.4, -0.2) is 49.8 Å². The molecule has 3 nitrogen and oxygen atoms in total. The second kappa shape index (κ2) is 4.82. The molecular formula is C15H25N3Si. The van der Waals surface area contributed by atoms with Gasteiger partial charge in [-0.2, -0.15) is 0 Å². The van der Waals surface area contributed by atoms with E-state index >= 15 is 0 Å². The Bertz CT molecular complexity index is 450. The van der Waals surface area contributed by atoms with Gasteiger partial charge in [0.2, 0.25) is 0 Å². The van der Waals surface area contributed by atoms with Gasteiger partial charge < -0.3 is 9.47 Å². The molecular weight excluding hydrogens is 250 g/mol. The summed E-state index contributed by atoms with van der Waals surface area (Å²) in [5, 5.41) is 0. The second-order valence-corrected chi connectivity index (χ2v) is 11.0. The van der Waals surface area contributed by atoms with E-state index in [1.807, 2.05) is 0 Å². The van der Waals surface area contributed by atoms with Gasteiger partial charge in [-0.1, -0.05) is 36.9 Å². The van der Waals surface area contributed by atoms with Crippen molar-refractivity contribution in [1.29, 1.82) is 0 Å². The Hall–Kier alpha value is -1.03. The van der Waals surface area contributed by atoms with Crippen LogP contribution >= 0.6 is 0 Å². The summed E-state index contributed by atoms with van der Waals surface area (Å²) in [7, 11) is -1.52. The highest BCUT2D eigenvalue weighted by Gasteiger charge is 2.41. The molecule has 1 saturated heterocycles. The highest BCUT2D eigenvalue weighted by atomic mass is 28.3. The third kappa shape index (κ3) is 2.26. The molecule has 1 aliphatic carbocycles. The topological polar surface area (TPSA) is 18.8 Å². The summed E-state index contributed by atoms with van der Waals surface area (Å²) in [5.41, 5.74) is 2.06. The molecule has 1 atom stereocenters. The molecule has 3 rings (SSSR count). The number of rotatable bonds is 2. The zero-order valence-corrected chi connectivity index (χ0v) is 13.4. The van der Waals surface area contributed by atoms with Crippen LogP contribution in [0.5, 0.6) is 0 Å². The molecule has 0 spiro atoms. The Morgan fingerprint density at radius 3 is 2.74 bits per heavy atom. The van der Waals surface area contributed by atoms with Crippen molar-refractivity contribution in [3.63, 3.8) is 0 Å². The fraction of sp³-hybridized carbons (Fsp3) is 0.667. The predicted molar refractivity (Wildman–Crippen MR) is 83.9 cm³/mol. The Labute approximate surface area is 117 Å². The molecule has 3 aliphatic rings. The van der Waals surface area contributed by atoms with E-state index in [4.69, 9.17) is 4.99 Å². The molecule has 0 bridgehead atoms. The normalized spacial score (nSPS) is 27.2. The number of hydrogen-bond acceptors (Lipinski definition) is 3. The minimum atomic E-state index is -1.52. The summed E-state index contributed by atoms with van der Waals surface area (Å²) in [4.78, 5) is 7.36. The van der Waals surface area contributed by atoms with Crippen molar-refractivity contribution in [2.45, 2.75) is 38.4 Å². The van der Waals surface area contributed by atoms with Crippen molar-refractivity contribution in [3.05, 3.63) is 23.8 Å². The summed E-state index contributed by atoms with van der Waals surface area (Å²) in [6.45, 7) is 11.8. The van der Waals surface area contributed by atoms with Crippen molar-refractivity contribution in [2.24, 2.45) is 4.99 Å². The van der Waals surface area contributed by atoms with Crippen molar-refractivity contribution < 1.29 is 0 Å². The zero-order valence-electron chi connectivity index (χ0n) is 12.4. The lowest BCUT2D eigenvalue weighted by atomic mass is 10.2. The van der Waals surface area contributed by atoms with Gasteiger partial charge in [-0.25, -0.2) is 0 Å². The minimum Gasteiger partial charge on any atom is -0.369 e. The first-order valence-corrected chi connectivity index (χ1v) is 10.5. The molecule has 0 saturated carbocycles. The van der Waals surface area contributed by atoms with E-state index in [9.17, 15) is 0 Å². The predicted octanol–water partition coefficient (Wildman–Crippen LogP) is 2.85. The van der Waals surface area contributed by atoms with E-state index in [0.29, 0.717) is 5.54 Å². The molecule has 1 fully saturated rings. The van der Waals surface area contributed by atoms with Gasteiger partial charge in [0, 0.05) is 31.7 Å². The maximum atomic E-state index is 4.85. The number of aliphatic imine (C=N–C) groups is 1. The fourth-order valence-corrected chi connectivity index (χ4v) is 6.50. The van der Waals surface area contributed by atoms with E-state index in [-0.39, 0.29) is 0 Å². The van der Waals surface area contributed by atoms with Crippen LogP contribution in [0.25, 0.3) is 0 Å². The molecule has 0 aromatic carbocycles. The van der Waals surface area contributed by atoms with Gasteiger partial charge in [0.05, 0.1) is 0 Å². The largest absolute Gasteiger partial charge is 0.369 e. The Kier molecular flexibility index (Phi) is 3.29. The van der Waals surface area contributed by atoms with Gasteiger partial charge in [-0.15, -0.1) is 0 Å². The molecule has 2 heterocycles. The lowest BCUT2D eigenvalue weighted by Crippen LogP contribution is -2.63. The summed E-state index contributed by atoms with van der Waals surface area (Å²) >= 11 is 0. The first-order valence-electron chi connectivity index (χ1n) is 7.53. The van der Waals surface area contributed by atoms with Crippen LogP contribution in [0.1, 0.15) is 19.8 Å². The standard InChI is InChI=1S/C15H25N3Si/c1-13-6-7-14(12-13)19(2,3)18-11-5-10-17-9-4-8-16-15(17)18/h6-7,12,14H,4-5,8-11H2,1-3H3. The maximum absolute atomic E-state index is 4.85. The molecule has 19 heavy (non-hydrogen) atoms. The molecule has 2 aliphatic heterocycles. The number of allylic oxidation sites excluding steroid dienone is 4.